The van der Waals surface area contributed by atoms with Crippen molar-refractivity contribution in [3.05, 3.63) is 54.7 Å². The van der Waals surface area contributed by atoms with Gasteiger partial charge in [-0.3, -0.25) is 4.79 Å². The zero-order valence-electron chi connectivity index (χ0n) is 23.6. The van der Waals surface area contributed by atoms with E-state index in [0.29, 0.717) is 66.6 Å². The molecule has 2 amide bonds. The van der Waals surface area contributed by atoms with Gasteiger partial charge in [-0.25, -0.2) is 19.7 Å². The molecule has 1 aliphatic heterocycles. The minimum absolute atomic E-state index is 0.300. The molecule has 2 aliphatic rings. The third kappa shape index (κ3) is 6.42. The number of fused-ring (bicyclic) bond motifs is 1. The Labute approximate surface area is 238 Å². The summed E-state index contributed by atoms with van der Waals surface area (Å²) >= 11 is 0. The molecule has 41 heavy (non-hydrogen) atoms. The predicted molar refractivity (Wildman–Crippen MR) is 157 cm³/mol. The number of anilines is 3. The van der Waals surface area contributed by atoms with Gasteiger partial charge in [0, 0.05) is 13.1 Å². The number of alkyl carbamates (subject to hydrolysis) is 1. The standard InChI is InChI=1S/C29H36N8O4/c1-28(2,3)41-27(39)36-29(12-14-37(15-13-29)25-23-24(32-17-31-23)33-18-34-25)26(38)35-20-10-7-11-21(22(20)30)40-16-19-8-5-4-6-9-19/h5,7-11,17-18H,4,6,12-16,30H2,1-3H3,(H,35,38)(H,36,39)(H,31,32,33,34). The number of hydrogen-bond donors (Lipinski definition) is 4. The molecule has 5 rings (SSSR count). The van der Waals surface area contributed by atoms with Crippen molar-refractivity contribution in [1.29, 1.82) is 0 Å². The molecule has 1 fully saturated rings. The van der Waals surface area contributed by atoms with Crippen molar-refractivity contribution in [2.24, 2.45) is 0 Å². The molecule has 0 bridgehead atoms. The zero-order chi connectivity index (χ0) is 29.0. The number of benzene rings is 1. The molecule has 0 saturated carbocycles. The highest BCUT2D eigenvalue weighted by atomic mass is 16.6. The van der Waals surface area contributed by atoms with Crippen LogP contribution in [0.1, 0.15) is 46.5 Å². The first-order valence-corrected chi connectivity index (χ1v) is 13.7. The largest absolute Gasteiger partial charge is 0.487 e. The summed E-state index contributed by atoms with van der Waals surface area (Å²) in [5.41, 5.74) is 7.52. The Hall–Kier alpha value is -4.61. The molecular formula is C29H36N8O4. The lowest BCUT2D eigenvalue weighted by Gasteiger charge is -2.41. The van der Waals surface area contributed by atoms with Gasteiger partial charge in [-0.05, 0) is 64.2 Å². The average Bonchev–Trinajstić information content (AvgIpc) is 3.43. The van der Waals surface area contributed by atoms with E-state index < -0.39 is 17.2 Å². The van der Waals surface area contributed by atoms with Gasteiger partial charge in [0.25, 0.3) is 0 Å². The molecule has 3 aromatic rings. The van der Waals surface area contributed by atoms with Crippen LogP contribution in [0.15, 0.2) is 54.7 Å². The number of para-hydroxylation sites is 1. The molecule has 0 spiro atoms. The number of carbonyl (C=O) groups excluding carboxylic acids is 2. The summed E-state index contributed by atoms with van der Waals surface area (Å²) in [7, 11) is 0. The number of nitrogens with one attached hydrogen (secondary N) is 3. The molecule has 0 radical (unpaired) electrons. The number of ether oxygens (including phenoxy) is 2. The van der Waals surface area contributed by atoms with Crippen LogP contribution in [-0.2, 0) is 9.53 Å². The number of piperidine rings is 1. The van der Waals surface area contributed by atoms with E-state index in [1.807, 2.05) is 11.0 Å². The van der Waals surface area contributed by atoms with Gasteiger partial charge >= 0.3 is 6.09 Å². The highest BCUT2D eigenvalue weighted by molar-refractivity contribution is 6.02. The van der Waals surface area contributed by atoms with Gasteiger partial charge in [-0.2, -0.15) is 0 Å². The number of rotatable bonds is 7. The van der Waals surface area contributed by atoms with Crippen LogP contribution in [0.3, 0.4) is 0 Å². The summed E-state index contributed by atoms with van der Waals surface area (Å²) in [4.78, 5) is 44.8. The normalized spacial score (nSPS) is 16.7. The number of amides is 2. The minimum Gasteiger partial charge on any atom is -0.487 e. The monoisotopic (exact) mass is 560 g/mol. The number of nitrogens with zero attached hydrogens (tertiary/aromatic N) is 4. The van der Waals surface area contributed by atoms with E-state index in [-0.39, 0.29) is 5.91 Å². The number of allylic oxidation sites excluding steroid dienone is 2. The lowest BCUT2D eigenvalue weighted by atomic mass is 9.86. The van der Waals surface area contributed by atoms with Crippen molar-refractivity contribution in [3.63, 3.8) is 0 Å². The van der Waals surface area contributed by atoms with E-state index in [1.54, 1.807) is 45.3 Å². The Morgan fingerprint density at radius 1 is 1.15 bits per heavy atom. The van der Waals surface area contributed by atoms with Crippen molar-refractivity contribution < 1.29 is 19.1 Å². The maximum absolute atomic E-state index is 13.9. The lowest BCUT2D eigenvalue weighted by Crippen LogP contribution is -2.62. The fourth-order valence-corrected chi connectivity index (χ4v) is 4.96. The number of nitrogens with two attached hydrogens (primary N) is 1. The fourth-order valence-electron chi connectivity index (χ4n) is 4.96. The van der Waals surface area contributed by atoms with E-state index in [4.69, 9.17) is 15.2 Å². The second-order valence-corrected chi connectivity index (χ2v) is 11.2. The van der Waals surface area contributed by atoms with E-state index in [9.17, 15) is 9.59 Å². The number of nitrogen functional groups attached to an aromatic ring is 1. The summed E-state index contributed by atoms with van der Waals surface area (Å²) in [5, 5.41) is 5.82. The van der Waals surface area contributed by atoms with Crippen LogP contribution in [0.4, 0.5) is 22.0 Å². The summed E-state index contributed by atoms with van der Waals surface area (Å²) in [6.45, 7) is 6.59. The van der Waals surface area contributed by atoms with Crippen molar-refractivity contribution in [2.75, 3.05) is 35.6 Å². The molecule has 0 unspecified atom stereocenters. The molecule has 1 aliphatic carbocycles. The first-order chi connectivity index (χ1) is 19.6. The molecular weight excluding hydrogens is 524 g/mol. The van der Waals surface area contributed by atoms with Crippen LogP contribution in [0.5, 0.6) is 5.75 Å². The van der Waals surface area contributed by atoms with Crippen molar-refractivity contribution in [2.45, 2.75) is 57.6 Å². The lowest BCUT2D eigenvalue weighted by molar-refractivity contribution is -0.123. The molecule has 2 aromatic heterocycles. The molecule has 12 nitrogen and oxygen atoms in total. The number of aromatic amines is 1. The maximum atomic E-state index is 13.9. The van der Waals surface area contributed by atoms with Gasteiger partial charge in [-0.1, -0.05) is 24.3 Å². The number of imidazole rings is 1. The molecule has 1 saturated heterocycles. The van der Waals surface area contributed by atoms with Gasteiger partial charge in [0.05, 0.1) is 17.7 Å². The van der Waals surface area contributed by atoms with E-state index in [1.165, 1.54) is 6.33 Å². The second kappa shape index (κ2) is 11.5. The second-order valence-electron chi connectivity index (χ2n) is 11.2. The Morgan fingerprint density at radius 2 is 1.95 bits per heavy atom. The first kappa shape index (κ1) is 27.9. The first-order valence-electron chi connectivity index (χ1n) is 13.7. The van der Waals surface area contributed by atoms with Crippen LogP contribution in [0.25, 0.3) is 11.2 Å². The van der Waals surface area contributed by atoms with Crippen molar-refractivity contribution >= 4 is 40.4 Å². The third-order valence-corrected chi connectivity index (χ3v) is 7.07. The summed E-state index contributed by atoms with van der Waals surface area (Å²) < 4.78 is 11.5. The van der Waals surface area contributed by atoms with Gasteiger partial charge < -0.3 is 35.7 Å². The summed E-state index contributed by atoms with van der Waals surface area (Å²) in [6, 6.07) is 5.25. The van der Waals surface area contributed by atoms with Crippen molar-refractivity contribution in [1.82, 2.24) is 25.3 Å². The van der Waals surface area contributed by atoms with Gasteiger partial charge in [0.2, 0.25) is 5.91 Å². The predicted octanol–water partition coefficient (Wildman–Crippen LogP) is 4.09. The molecule has 3 heterocycles. The van der Waals surface area contributed by atoms with Gasteiger partial charge in [0.15, 0.2) is 11.5 Å². The van der Waals surface area contributed by atoms with Crippen molar-refractivity contribution in [3.8, 4) is 5.75 Å². The van der Waals surface area contributed by atoms with Crippen LogP contribution in [0, 0.1) is 0 Å². The highest BCUT2D eigenvalue weighted by Crippen LogP contribution is 2.33. The number of aromatic nitrogens is 4. The summed E-state index contributed by atoms with van der Waals surface area (Å²) in [5.74, 6) is 0.772. The average molecular weight is 561 g/mol. The Balaban J connectivity index is 1.34. The van der Waals surface area contributed by atoms with E-state index >= 15 is 0 Å². The Bertz CT molecular complexity index is 1480. The zero-order valence-corrected chi connectivity index (χ0v) is 23.6. The topological polar surface area (TPSA) is 160 Å². The van der Waals surface area contributed by atoms with Crippen LogP contribution in [0.2, 0.25) is 0 Å². The molecule has 5 N–H and O–H groups in total. The molecule has 216 valence electrons. The number of hydrogen-bond acceptors (Lipinski definition) is 9. The van der Waals surface area contributed by atoms with Crippen LogP contribution >= 0.6 is 0 Å². The van der Waals surface area contributed by atoms with Crippen LogP contribution < -0.4 is 26.0 Å². The summed E-state index contributed by atoms with van der Waals surface area (Å²) in [6.07, 6.45) is 11.3. The fraction of sp³-hybridized carbons (Fsp3) is 0.414. The Morgan fingerprint density at radius 3 is 2.68 bits per heavy atom. The van der Waals surface area contributed by atoms with E-state index in [2.05, 4.69) is 42.7 Å². The highest BCUT2D eigenvalue weighted by Gasteiger charge is 2.44. The molecule has 12 heteroatoms. The van der Waals surface area contributed by atoms with Gasteiger partial charge in [-0.15, -0.1) is 0 Å². The third-order valence-electron chi connectivity index (χ3n) is 7.07. The Kier molecular flexibility index (Phi) is 7.82. The smallest absolute Gasteiger partial charge is 0.408 e. The number of H-pyrrole nitrogens is 1. The molecule has 1 aromatic carbocycles. The SMILES string of the molecule is CC(C)(C)OC(=O)NC1(C(=O)Nc2cccc(OCC3=CCCC=C3)c2N)CCN(c2ncnc3nc[nH]c23)CC1. The van der Waals surface area contributed by atoms with Gasteiger partial charge in [0.1, 0.15) is 35.3 Å². The minimum atomic E-state index is -1.25. The number of carbonyl (C=O) groups is 2. The van der Waals surface area contributed by atoms with Crippen LogP contribution in [-0.4, -0.2) is 62.8 Å². The maximum Gasteiger partial charge on any atom is 0.408 e. The van der Waals surface area contributed by atoms with E-state index in [0.717, 1.165) is 18.4 Å². The quantitative estimate of drug-likeness (QED) is 0.312. The molecule has 0 atom stereocenters.